The Morgan fingerprint density at radius 3 is 2.84 bits per heavy atom. The zero-order chi connectivity index (χ0) is 21.5. The van der Waals surface area contributed by atoms with E-state index < -0.39 is 0 Å². The van der Waals surface area contributed by atoms with Crippen LogP contribution in [0.2, 0.25) is 0 Å². The number of carbonyl (C=O) groups is 2. The lowest BCUT2D eigenvalue weighted by atomic mass is 9.96. The summed E-state index contributed by atoms with van der Waals surface area (Å²) in [6.45, 7) is 0.603. The van der Waals surface area contributed by atoms with Crippen molar-refractivity contribution in [2.24, 2.45) is 0 Å². The Morgan fingerprint density at radius 2 is 1.97 bits per heavy atom. The fourth-order valence-electron chi connectivity index (χ4n) is 4.05. The van der Waals surface area contributed by atoms with E-state index in [2.05, 4.69) is 32.0 Å². The van der Waals surface area contributed by atoms with E-state index in [1.165, 1.54) is 41.5 Å². The Hall–Kier alpha value is -2.87. The molecule has 3 amide bonds. The van der Waals surface area contributed by atoms with Crippen molar-refractivity contribution in [3.05, 3.63) is 47.1 Å². The van der Waals surface area contributed by atoms with Gasteiger partial charge in [-0.15, -0.1) is 11.3 Å². The molecule has 2 heterocycles. The van der Waals surface area contributed by atoms with E-state index in [9.17, 15) is 9.59 Å². The molecule has 2 aromatic heterocycles. The van der Waals surface area contributed by atoms with Gasteiger partial charge in [-0.25, -0.2) is 9.78 Å². The van der Waals surface area contributed by atoms with Crippen LogP contribution in [0.3, 0.4) is 0 Å². The molecule has 7 nitrogen and oxygen atoms in total. The molecule has 3 aromatic rings. The number of H-pyrrole nitrogens is 1. The molecule has 4 rings (SSSR count). The van der Waals surface area contributed by atoms with Gasteiger partial charge in [-0.05, 0) is 37.3 Å². The number of aryl methyl sites for hydroxylation is 1. The minimum Gasteiger partial charge on any atom is -0.361 e. The van der Waals surface area contributed by atoms with Crippen molar-refractivity contribution in [1.82, 2.24) is 20.6 Å². The summed E-state index contributed by atoms with van der Waals surface area (Å²) in [5, 5.41) is 12.5. The summed E-state index contributed by atoms with van der Waals surface area (Å²) in [5.41, 5.74) is 3.14. The molecule has 164 valence electrons. The van der Waals surface area contributed by atoms with Gasteiger partial charge in [0.25, 0.3) is 0 Å². The zero-order valence-corrected chi connectivity index (χ0v) is 18.4. The van der Waals surface area contributed by atoms with Gasteiger partial charge >= 0.3 is 6.03 Å². The van der Waals surface area contributed by atoms with E-state index in [1.54, 1.807) is 0 Å². The van der Waals surface area contributed by atoms with Crippen LogP contribution >= 0.6 is 11.3 Å². The second-order valence-corrected chi connectivity index (χ2v) is 8.89. The van der Waals surface area contributed by atoms with E-state index >= 15 is 0 Å². The first-order valence-corrected chi connectivity index (χ1v) is 11.9. The lowest BCUT2D eigenvalue weighted by molar-refractivity contribution is -0.121. The van der Waals surface area contributed by atoms with Gasteiger partial charge in [0.2, 0.25) is 5.91 Å². The van der Waals surface area contributed by atoms with Gasteiger partial charge in [0.1, 0.15) is 0 Å². The van der Waals surface area contributed by atoms with Crippen LogP contribution in [0.1, 0.15) is 49.8 Å². The first-order valence-electron chi connectivity index (χ1n) is 11.0. The van der Waals surface area contributed by atoms with Crippen molar-refractivity contribution in [2.75, 3.05) is 11.9 Å². The van der Waals surface area contributed by atoms with Crippen molar-refractivity contribution in [3.63, 3.8) is 0 Å². The summed E-state index contributed by atoms with van der Waals surface area (Å²) < 4.78 is 0. The number of carbonyl (C=O) groups excluding carboxylic acids is 2. The van der Waals surface area contributed by atoms with Crippen LogP contribution in [0.15, 0.2) is 35.8 Å². The van der Waals surface area contributed by atoms with Crippen LogP contribution in [-0.4, -0.2) is 34.5 Å². The molecule has 1 saturated carbocycles. The van der Waals surface area contributed by atoms with Gasteiger partial charge in [0, 0.05) is 41.5 Å². The largest absolute Gasteiger partial charge is 0.361 e. The molecule has 0 unspecified atom stereocenters. The molecule has 0 aliphatic heterocycles. The molecule has 4 N–H and O–H groups in total. The molecule has 8 heteroatoms. The number of amides is 3. The molecule has 0 spiro atoms. The number of nitrogens with zero attached hydrogens (tertiary/aromatic N) is 1. The summed E-state index contributed by atoms with van der Waals surface area (Å²) in [5.74, 6) is 0.0115. The van der Waals surface area contributed by atoms with Gasteiger partial charge in [-0.2, -0.15) is 0 Å². The monoisotopic (exact) mass is 439 g/mol. The van der Waals surface area contributed by atoms with Gasteiger partial charge in [0.05, 0.1) is 5.69 Å². The summed E-state index contributed by atoms with van der Waals surface area (Å²) in [6.07, 6.45) is 9.44. The molecule has 1 aromatic carbocycles. The molecular weight excluding hydrogens is 410 g/mol. The lowest BCUT2D eigenvalue weighted by Gasteiger charge is -2.22. The highest BCUT2D eigenvalue weighted by atomic mass is 32.1. The average molecular weight is 440 g/mol. The molecule has 0 atom stereocenters. The number of nitrogens with one attached hydrogen (secondary N) is 4. The van der Waals surface area contributed by atoms with Gasteiger partial charge in [-0.3, -0.25) is 10.1 Å². The summed E-state index contributed by atoms with van der Waals surface area (Å²) >= 11 is 1.39. The van der Waals surface area contributed by atoms with Crippen molar-refractivity contribution in [1.29, 1.82) is 0 Å². The molecule has 0 radical (unpaired) electrons. The van der Waals surface area contributed by atoms with Crippen LogP contribution in [0, 0.1) is 0 Å². The Labute approximate surface area is 186 Å². The maximum atomic E-state index is 12.2. The highest BCUT2D eigenvalue weighted by Crippen LogP contribution is 2.20. The molecule has 0 bridgehead atoms. The molecule has 31 heavy (non-hydrogen) atoms. The third-order valence-corrected chi connectivity index (χ3v) is 6.52. The van der Waals surface area contributed by atoms with Gasteiger partial charge in [0.15, 0.2) is 5.13 Å². The Balaban J connectivity index is 1.16. The number of aromatic nitrogens is 2. The molecule has 1 fully saturated rings. The highest BCUT2D eigenvalue weighted by molar-refractivity contribution is 7.13. The quantitative estimate of drug-likeness (QED) is 0.419. The topological polar surface area (TPSA) is 98.9 Å². The number of rotatable bonds is 8. The van der Waals surface area contributed by atoms with Crippen LogP contribution in [0.25, 0.3) is 10.9 Å². The minimum atomic E-state index is -0.192. The van der Waals surface area contributed by atoms with Crippen molar-refractivity contribution in [3.8, 4) is 0 Å². The number of benzene rings is 1. The lowest BCUT2D eigenvalue weighted by Crippen LogP contribution is -2.39. The summed E-state index contributed by atoms with van der Waals surface area (Å²) in [4.78, 5) is 32.0. The van der Waals surface area contributed by atoms with E-state index in [-0.39, 0.29) is 18.0 Å². The number of fused-ring (bicyclic) bond motifs is 1. The number of aromatic amines is 1. The Bertz CT molecular complexity index is 1020. The van der Waals surface area contributed by atoms with Crippen LogP contribution in [0.5, 0.6) is 0 Å². The van der Waals surface area contributed by atoms with Gasteiger partial charge < -0.3 is 15.6 Å². The van der Waals surface area contributed by atoms with E-state index in [4.69, 9.17) is 0 Å². The van der Waals surface area contributed by atoms with E-state index in [1.807, 2.05) is 29.8 Å². The normalized spacial score (nSPS) is 14.5. The third-order valence-electron chi connectivity index (χ3n) is 5.71. The maximum Gasteiger partial charge on any atom is 0.321 e. The van der Waals surface area contributed by atoms with Crippen molar-refractivity contribution >= 4 is 39.3 Å². The number of urea groups is 1. The van der Waals surface area contributed by atoms with Crippen LogP contribution < -0.4 is 16.0 Å². The third kappa shape index (κ3) is 6.07. The summed E-state index contributed by atoms with van der Waals surface area (Å²) in [6, 6.07) is 8.24. The fourth-order valence-corrected chi connectivity index (χ4v) is 4.79. The highest BCUT2D eigenvalue weighted by Gasteiger charge is 2.16. The maximum absolute atomic E-state index is 12.2. The minimum absolute atomic E-state index is 0.0115. The van der Waals surface area contributed by atoms with Crippen LogP contribution in [-0.2, 0) is 17.6 Å². The Morgan fingerprint density at radius 1 is 1.13 bits per heavy atom. The molecule has 0 saturated heterocycles. The standard InChI is InChI=1S/C23H29N5O2S/c29-21(24-13-12-16-14-25-20-9-5-4-8-19(16)20)11-10-18-15-31-23(27-18)28-22(30)26-17-6-2-1-3-7-17/h4-5,8-9,14-15,17,25H,1-3,6-7,10-13H2,(H,24,29)(H2,26,27,28,30). The number of thiazole rings is 1. The number of hydrogen-bond donors (Lipinski definition) is 4. The zero-order valence-electron chi connectivity index (χ0n) is 17.6. The van der Waals surface area contributed by atoms with E-state index in [0.29, 0.717) is 24.5 Å². The predicted octanol–water partition coefficient (Wildman–Crippen LogP) is 4.37. The average Bonchev–Trinajstić information content (AvgIpc) is 3.40. The number of hydrogen-bond acceptors (Lipinski definition) is 4. The molecular formula is C23H29N5O2S. The fraction of sp³-hybridized carbons (Fsp3) is 0.435. The van der Waals surface area contributed by atoms with Crippen LogP contribution in [0.4, 0.5) is 9.93 Å². The molecule has 1 aliphatic carbocycles. The Kier molecular flexibility index (Phi) is 7.19. The van der Waals surface area contributed by atoms with Crippen molar-refractivity contribution < 1.29 is 9.59 Å². The first kappa shape index (κ1) is 21.4. The van der Waals surface area contributed by atoms with E-state index in [0.717, 1.165) is 30.5 Å². The predicted molar refractivity (Wildman–Crippen MR) is 124 cm³/mol. The number of anilines is 1. The second kappa shape index (κ2) is 10.4. The summed E-state index contributed by atoms with van der Waals surface area (Å²) in [7, 11) is 0. The smallest absolute Gasteiger partial charge is 0.321 e. The van der Waals surface area contributed by atoms with Gasteiger partial charge in [-0.1, -0.05) is 37.5 Å². The van der Waals surface area contributed by atoms with Crippen molar-refractivity contribution in [2.45, 2.75) is 57.4 Å². The first-order chi connectivity index (χ1) is 15.2. The second-order valence-electron chi connectivity index (χ2n) is 8.04. The number of para-hydroxylation sites is 1. The SMILES string of the molecule is O=C(CCc1csc(NC(=O)NC2CCCCC2)n1)NCCc1c[nH]c2ccccc12. The molecule has 1 aliphatic rings.